The van der Waals surface area contributed by atoms with Crippen molar-refractivity contribution >= 4 is 0 Å². The minimum atomic E-state index is 0.406. The van der Waals surface area contributed by atoms with Gasteiger partial charge in [-0.1, -0.05) is 38.5 Å². The zero-order valence-corrected chi connectivity index (χ0v) is 8.34. The molecule has 0 aliphatic heterocycles. The number of rotatable bonds is 0. The minimum Gasteiger partial charge on any atom is -0.198 e. The molecular weight excluding hydrogens is 158 g/mol. The lowest BCUT2D eigenvalue weighted by Gasteiger charge is -2.10. The van der Waals surface area contributed by atoms with E-state index in [4.69, 9.17) is 5.26 Å². The lowest BCUT2D eigenvalue weighted by atomic mass is 9.93. The van der Waals surface area contributed by atoms with Crippen LogP contribution in [0.25, 0.3) is 0 Å². The van der Waals surface area contributed by atoms with E-state index in [1.807, 2.05) is 0 Å². The third kappa shape index (κ3) is 2.24. The predicted molar refractivity (Wildman–Crippen MR) is 53.0 cm³/mol. The molecule has 0 aromatic carbocycles. The first kappa shape index (κ1) is 9.06. The van der Waals surface area contributed by atoms with E-state index in [1.165, 1.54) is 51.4 Å². The van der Waals surface area contributed by atoms with Gasteiger partial charge in [-0.25, -0.2) is 0 Å². The quantitative estimate of drug-likeness (QED) is 0.555. The Morgan fingerprint density at radius 3 is 2.38 bits per heavy atom. The van der Waals surface area contributed by atoms with Gasteiger partial charge in [0.2, 0.25) is 0 Å². The minimum absolute atomic E-state index is 0.406. The molecule has 3 atom stereocenters. The van der Waals surface area contributed by atoms with Crippen LogP contribution < -0.4 is 0 Å². The normalized spacial score (nSPS) is 40.1. The standard InChI is InChI=1S/C12H19N/c13-9-11-7-5-3-1-2-4-6-10-8-12(10)11/h10-12H,1-8H2. The first-order chi connectivity index (χ1) is 6.42. The first-order valence-electron chi connectivity index (χ1n) is 5.81. The lowest BCUT2D eigenvalue weighted by molar-refractivity contribution is 0.431. The van der Waals surface area contributed by atoms with Crippen LogP contribution in [0.2, 0.25) is 0 Å². The van der Waals surface area contributed by atoms with Crippen LogP contribution in [0, 0.1) is 29.1 Å². The van der Waals surface area contributed by atoms with Gasteiger partial charge in [0.15, 0.2) is 0 Å². The molecule has 3 unspecified atom stereocenters. The van der Waals surface area contributed by atoms with E-state index >= 15 is 0 Å². The van der Waals surface area contributed by atoms with Crippen LogP contribution in [0.15, 0.2) is 0 Å². The number of hydrogen-bond donors (Lipinski definition) is 0. The molecule has 72 valence electrons. The first-order valence-corrected chi connectivity index (χ1v) is 5.81. The Hall–Kier alpha value is -0.510. The summed E-state index contributed by atoms with van der Waals surface area (Å²) >= 11 is 0. The summed E-state index contributed by atoms with van der Waals surface area (Å²) in [5, 5.41) is 9.02. The van der Waals surface area contributed by atoms with Crippen LogP contribution in [-0.4, -0.2) is 0 Å². The molecule has 13 heavy (non-hydrogen) atoms. The molecule has 0 heterocycles. The van der Waals surface area contributed by atoms with Gasteiger partial charge in [0.1, 0.15) is 0 Å². The molecule has 2 aliphatic carbocycles. The predicted octanol–water partition coefficient (Wildman–Crippen LogP) is 3.51. The van der Waals surface area contributed by atoms with Crippen LogP contribution in [0.3, 0.4) is 0 Å². The van der Waals surface area contributed by atoms with Crippen LogP contribution in [0.1, 0.15) is 51.4 Å². The highest BCUT2D eigenvalue weighted by Crippen LogP contribution is 2.49. The van der Waals surface area contributed by atoms with E-state index in [9.17, 15) is 0 Å². The monoisotopic (exact) mass is 177 g/mol. The second-order valence-corrected chi connectivity index (χ2v) is 4.74. The van der Waals surface area contributed by atoms with E-state index in [1.54, 1.807) is 0 Å². The summed E-state index contributed by atoms with van der Waals surface area (Å²) in [6.07, 6.45) is 10.8. The highest BCUT2D eigenvalue weighted by atomic mass is 14.5. The summed E-state index contributed by atoms with van der Waals surface area (Å²) in [7, 11) is 0. The van der Waals surface area contributed by atoms with E-state index in [-0.39, 0.29) is 0 Å². The van der Waals surface area contributed by atoms with Crippen LogP contribution in [0.5, 0.6) is 0 Å². The zero-order valence-electron chi connectivity index (χ0n) is 8.34. The third-order valence-electron chi connectivity index (χ3n) is 3.75. The Morgan fingerprint density at radius 1 is 0.923 bits per heavy atom. The van der Waals surface area contributed by atoms with Gasteiger partial charge in [0.05, 0.1) is 6.07 Å². The molecule has 0 saturated heterocycles. The van der Waals surface area contributed by atoms with Gasteiger partial charge in [0, 0.05) is 5.92 Å². The second-order valence-electron chi connectivity index (χ2n) is 4.74. The van der Waals surface area contributed by atoms with Crippen molar-refractivity contribution in [3.63, 3.8) is 0 Å². The van der Waals surface area contributed by atoms with Crippen LogP contribution >= 0.6 is 0 Å². The molecule has 0 aromatic heterocycles. The summed E-state index contributed by atoms with van der Waals surface area (Å²) in [6.45, 7) is 0. The maximum Gasteiger partial charge on any atom is 0.0658 e. The zero-order chi connectivity index (χ0) is 9.10. The molecule has 2 aliphatic rings. The molecule has 2 fully saturated rings. The Balaban J connectivity index is 1.87. The van der Waals surface area contributed by atoms with Crippen molar-refractivity contribution in [3.05, 3.63) is 0 Å². The molecule has 0 bridgehead atoms. The Kier molecular flexibility index (Phi) is 2.88. The SMILES string of the molecule is N#CC1CCCCCCCC2CC12. The molecule has 1 heteroatoms. The Labute approximate surface area is 81.1 Å². The molecule has 0 amide bonds. The van der Waals surface area contributed by atoms with E-state index in [0.29, 0.717) is 5.92 Å². The fourth-order valence-corrected chi connectivity index (χ4v) is 2.77. The fraction of sp³-hybridized carbons (Fsp3) is 0.917. The van der Waals surface area contributed by atoms with Gasteiger partial charge in [0.25, 0.3) is 0 Å². The second kappa shape index (κ2) is 4.13. The van der Waals surface area contributed by atoms with Crippen molar-refractivity contribution in [2.45, 2.75) is 51.4 Å². The van der Waals surface area contributed by atoms with E-state index in [0.717, 1.165) is 11.8 Å². The average molecular weight is 177 g/mol. The summed E-state index contributed by atoms with van der Waals surface area (Å²) in [6, 6.07) is 2.51. The van der Waals surface area contributed by atoms with Crippen molar-refractivity contribution in [2.24, 2.45) is 17.8 Å². The van der Waals surface area contributed by atoms with Crippen molar-refractivity contribution < 1.29 is 0 Å². The van der Waals surface area contributed by atoms with Gasteiger partial charge in [-0.15, -0.1) is 0 Å². The summed E-state index contributed by atoms with van der Waals surface area (Å²) in [4.78, 5) is 0. The summed E-state index contributed by atoms with van der Waals surface area (Å²) in [5.41, 5.74) is 0. The molecular formula is C12H19N. The van der Waals surface area contributed by atoms with E-state index < -0.39 is 0 Å². The maximum absolute atomic E-state index is 9.02. The highest BCUT2D eigenvalue weighted by molar-refractivity contribution is 4.99. The number of nitriles is 1. The molecule has 2 saturated carbocycles. The molecule has 0 aromatic rings. The van der Waals surface area contributed by atoms with Gasteiger partial charge < -0.3 is 0 Å². The maximum atomic E-state index is 9.02. The third-order valence-corrected chi connectivity index (χ3v) is 3.75. The molecule has 0 radical (unpaired) electrons. The summed E-state index contributed by atoms with van der Waals surface area (Å²) < 4.78 is 0. The number of hydrogen-bond acceptors (Lipinski definition) is 1. The molecule has 0 N–H and O–H groups in total. The van der Waals surface area contributed by atoms with Crippen LogP contribution in [-0.2, 0) is 0 Å². The fourth-order valence-electron chi connectivity index (χ4n) is 2.77. The van der Waals surface area contributed by atoms with Crippen molar-refractivity contribution in [3.8, 4) is 6.07 Å². The Morgan fingerprint density at radius 2 is 1.62 bits per heavy atom. The molecule has 1 nitrogen and oxygen atoms in total. The molecule has 2 rings (SSSR count). The summed E-state index contributed by atoms with van der Waals surface area (Å²) in [5.74, 6) is 2.13. The highest BCUT2D eigenvalue weighted by Gasteiger charge is 2.41. The van der Waals surface area contributed by atoms with Gasteiger partial charge in [-0.05, 0) is 24.7 Å². The van der Waals surface area contributed by atoms with Gasteiger partial charge in [-0.3, -0.25) is 0 Å². The average Bonchev–Trinajstić information content (AvgIpc) is 2.91. The number of fused-ring (bicyclic) bond motifs is 1. The largest absolute Gasteiger partial charge is 0.198 e. The van der Waals surface area contributed by atoms with Gasteiger partial charge in [-0.2, -0.15) is 5.26 Å². The topological polar surface area (TPSA) is 23.8 Å². The van der Waals surface area contributed by atoms with Crippen molar-refractivity contribution in [2.75, 3.05) is 0 Å². The van der Waals surface area contributed by atoms with Crippen molar-refractivity contribution in [1.82, 2.24) is 0 Å². The lowest BCUT2D eigenvalue weighted by Crippen LogP contribution is -2.03. The van der Waals surface area contributed by atoms with E-state index in [2.05, 4.69) is 6.07 Å². The molecule has 0 spiro atoms. The van der Waals surface area contributed by atoms with Crippen molar-refractivity contribution in [1.29, 1.82) is 5.26 Å². The smallest absolute Gasteiger partial charge is 0.0658 e. The van der Waals surface area contributed by atoms with Crippen LogP contribution in [0.4, 0.5) is 0 Å². The Bertz CT molecular complexity index is 204. The number of nitrogens with zero attached hydrogens (tertiary/aromatic N) is 1. The van der Waals surface area contributed by atoms with Gasteiger partial charge >= 0.3 is 0 Å².